The molecule has 5 nitrogen and oxygen atoms in total. The Bertz CT molecular complexity index is 494. The first kappa shape index (κ1) is 11.3. The van der Waals surface area contributed by atoms with Crippen LogP contribution in [0.3, 0.4) is 0 Å². The predicted octanol–water partition coefficient (Wildman–Crippen LogP) is 1.20. The number of hydrogen-bond donors (Lipinski definition) is 1. The molecule has 0 unspecified atom stereocenters. The van der Waals surface area contributed by atoms with Crippen LogP contribution in [0.2, 0.25) is 0 Å². The van der Waals surface area contributed by atoms with Gasteiger partial charge in [0.05, 0.1) is 12.3 Å². The molecule has 92 valence electrons. The molecule has 5 heteroatoms. The van der Waals surface area contributed by atoms with Gasteiger partial charge in [0.15, 0.2) is 0 Å². The largest absolute Gasteiger partial charge is 0.369 e. The van der Waals surface area contributed by atoms with Crippen molar-refractivity contribution >= 4 is 0 Å². The number of ether oxygens (including phenoxy) is 1. The molecule has 0 spiro atoms. The van der Waals surface area contributed by atoms with E-state index < -0.39 is 0 Å². The Morgan fingerprint density at radius 1 is 1.11 bits per heavy atom. The van der Waals surface area contributed by atoms with E-state index in [1.54, 1.807) is 12.4 Å². The summed E-state index contributed by atoms with van der Waals surface area (Å²) in [6, 6.07) is 4.03. The van der Waals surface area contributed by atoms with Crippen molar-refractivity contribution in [1.82, 2.24) is 20.3 Å². The van der Waals surface area contributed by atoms with Gasteiger partial charge in [0.25, 0.3) is 0 Å². The molecular weight excluding hydrogens is 228 g/mol. The van der Waals surface area contributed by atoms with Crippen LogP contribution in [0.4, 0.5) is 0 Å². The summed E-state index contributed by atoms with van der Waals surface area (Å²) in [6.07, 6.45) is 6.98. The molecule has 2 aromatic rings. The van der Waals surface area contributed by atoms with E-state index in [9.17, 15) is 0 Å². The van der Waals surface area contributed by atoms with Gasteiger partial charge >= 0.3 is 0 Å². The zero-order valence-corrected chi connectivity index (χ0v) is 9.91. The molecular formula is C13H14N4O. The van der Waals surface area contributed by atoms with E-state index in [4.69, 9.17) is 4.74 Å². The fraction of sp³-hybridized carbons (Fsp3) is 0.308. The lowest BCUT2D eigenvalue weighted by atomic mass is 10.1. The Labute approximate surface area is 105 Å². The minimum absolute atomic E-state index is 0.0554. The van der Waals surface area contributed by atoms with Gasteiger partial charge in [-0.15, -0.1) is 0 Å². The number of morpholine rings is 1. The number of aromatic nitrogens is 3. The van der Waals surface area contributed by atoms with Gasteiger partial charge in [0.2, 0.25) is 0 Å². The number of rotatable bonds is 2. The van der Waals surface area contributed by atoms with Gasteiger partial charge in [-0.3, -0.25) is 4.98 Å². The monoisotopic (exact) mass is 242 g/mol. The molecule has 0 bridgehead atoms. The molecule has 0 radical (unpaired) electrons. The van der Waals surface area contributed by atoms with E-state index in [1.165, 1.54) is 6.33 Å². The summed E-state index contributed by atoms with van der Waals surface area (Å²) < 4.78 is 5.66. The molecule has 1 aliphatic rings. The minimum atomic E-state index is 0.0554. The van der Waals surface area contributed by atoms with E-state index >= 15 is 0 Å². The van der Waals surface area contributed by atoms with Crippen molar-refractivity contribution in [1.29, 1.82) is 0 Å². The van der Waals surface area contributed by atoms with Crippen LogP contribution in [0.25, 0.3) is 11.1 Å². The Kier molecular flexibility index (Phi) is 3.25. The highest BCUT2D eigenvalue weighted by atomic mass is 16.5. The van der Waals surface area contributed by atoms with Crippen molar-refractivity contribution < 1.29 is 4.74 Å². The third kappa shape index (κ3) is 2.37. The molecule has 1 atom stereocenters. The summed E-state index contributed by atoms with van der Waals surface area (Å²) >= 11 is 0. The van der Waals surface area contributed by atoms with Gasteiger partial charge in [-0.05, 0) is 6.07 Å². The molecule has 3 heterocycles. The van der Waals surface area contributed by atoms with Crippen molar-refractivity contribution in [3.05, 3.63) is 42.7 Å². The van der Waals surface area contributed by atoms with E-state index in [-0.39, 0.29) is 6.10 Å². The molecule has 1 fully saturated rings. The van der Waals surface area contributed by atoms with Gasteiger partial charge in [-0.1, -0.05) is 6.07 Å². The Morgan fingerprint density at radius 2 is 2.00 bits per heavy atom. The molecule has 0 aliphatic carbocycles. The van der Waals surface area contributed by atoms with Crippen molar-refractivity contribution in [3.8, 4) is 11.1 Å². The molecule has 0 aromatic carbocycles. The van der Waals surface area contributed by atoms with Crippen LogP contribution in [0, 0.1) is 0 Å². The summed E-state index contributed by atoms with van der Waals surface area (Å²) in [6.45, 7) is 2.47. The first-order valence-corrected chi connectivity index (χ1v) is 5.97. The zero-order valence-electron chi connectivity index (χ0n) is 9.91. The Balaban J connectivity index is 1.80. The maximum absolute atomic E-state index is 5.66. The maximum Gasteiger partial charge on any atom is 0.115 e. The first-order valence-electron chi connectivity index (χ1n) is 5.97. The Morgan fingerprint density at radius 3 is 2.67 bits per heavy atom. The summed E-state index contributed by atoms with van der Waals surface area (Å²) in [5, 5.41) is 3.29. The molecule has 2 aromatic heterocycles. The smallest absolute Gasteiger partial charge is 0.115 e. The standard InChI is InChI=1S/C13H14N4O/c1-2-12(13-8-14-3-4-18-13)17-7-10(1)11-5-15-9-16-6-11/h1-2,5-7,9,13-14H,3-4,8H2/t13-/m0/s1. The molecule has 3 rings (SSSR count). The number of pyridine rings is 1. The third-order valence-corrected chi connectivity index (χ3v) is 2.94. The van der Waals surface area contributed by atoms with Crippen LogP contribution >= 0.6 is 0 Å². The molecule has 0 saturated carbocycles. The van der Waals surface area contributed by atoms with Crippen LogP contribution in [-0.4, -0.2) is 34.6 Å². The van der Waals surface area contributed by atoms with Gasteiger partial charge in [0.1, 0.15) is 12.4 Å². The molecule has 0 amide bonds. The predicted molar refractivity (Wildman–Crippen MR) is 66.8 cm³/mol. The summed E-state index contributed by atoms with van der Waals surface area (Å²) in [7, 11) is 0. The van der Waals surface area contributed by atoms with Gasteiger partial charge in [-0.2, -0.15) is 0 Å². The second-order valence-corrected chi connectivity index (χ2v) is 4.16. The van der Waals surface area contributed by atoms with E-state index in [2.05, 4.69) is 20.3 Å². The van der Waals surface area contributed by atoms with Crippen LogP contribution < -0.4 is 5.32 Å². The van der Waals surface area contributed by atoms with Gasteiger partial charge < -0.3 is 10.1 Å². The highest BCUT2D eigenvalue weighted by molar-refractivity contribution is 5.60. The second kappa shape index (κ2) is 5.20. The molecule has 1 N–H and O–H groups in total. The number of nitrogens with one attached hydrogen (secondary N) is 1. The summed E-state index contributed by atoms with van der Waals surface area (Å²) in [4.78, 5) is 12.5. The SMILES string of the molecule is c1ncc(-c2ccc([C@@H]3CNCCO3)nc2)cn1. The average molecular weight is 242 g/mol. The molecule has 1 saturated heterocycles. The van der Waals surface area contributed by atoms with E-state index in [0.29, 0.717) is 0 Å². The summed E-state index contributed by atoms with van der Waals surface area (Å²) in [5.74, 6) is 0. The van der Waals surface area contributed by atoms with Crippen LogP contribution in [-0.2, 0) is 4.74 Å². The average Bonchev–Trinajstić information content (AvgIpc) is 2.49. The zero-order chi connectivity index (χ0) is 12.2. The highest BCUT2D eigenvalue weighted by Gasteiger charge is 2.16. The van der Waals surface area contributed by atoms with E-state index in [1.807, 2.05) is 18.3 Å². The molecule has 1 aliphatic heterocycles. The third-order valence-electron chi connectivity index (χ3n) is 2.94. The fourth-order valence-corrected chi connectivity index (χ4v) is 1.97. The Hall–Kier alpha value is -1.85. The topological polar surface area (TPSA) is 59.9 Å². The minimum Gasteiger partial charge on any atom is -0.369 e. The van der Waals surface area contributed by atoms with Gasteiger partial charge in [-0.25, -0.2) is 9.97 Å². The van der Waals surface area contributed by atoms with Crippen LogP contribution in [0.1, 0.15) is 11.8 Å². The van der Waals surface area contributed by atoms with Crippen LogP contribution in [0.15, 0.2) is 37.1 Å². The lowest BCUT2D eigenvalue weighted by molar-refractivity contribution is 0.0250. The summed E-state index contributed by atoms with van der Waals surface area (Å²) in [5.41, 5.74) is 2.95. The number of hydrogen-bond acceptors (Lipinski definition) is 5. The lowest BCUT2D eigenvalue weighted by Crippen LogP contribution is -2.33. The fourth-order valence-electron chi connectivity index (χ4n) is 1.97. The lowest BCUT2D eigenvalue weighted by Gasteiger charge is -2.23. The molecule has 18 heavy (non-hydrogen) atoms. The van der Waals surface area contributed by atoms with Crippen molar-refractivity contribution in [2.24, 2.45) is 0 Å². The first-order chi connectivity index (χ1) is 8.93. The second-order valence-electron chi connectivity index (χ2n) is 4.16. The quantitative estimate of drug-likeness (QED) is 0.857. The van der Waals surface area contributed by atoms with Crippen molar-refractivity contribution in [3.63, 3.8) is 0 Å². The maximum atomic E-state index is 5.66. The van der Waals surface area contributed by atoms with Crippen LogP contribution in [0.5, 0.6) is 0 Å². The van der Waals surface area contributed by atoms with Crippen molar-refractivity contribution in [2.45, 2.75) is 6.10 Å². The van der Waals surface area contributed by atoms with Gasteiger partial charge in [0, 0.05) is 42.8 Å². The number of nitrogens with zero attached hydrogens (tertiary/aromatic N) is 3. The van der Waals surface area contributed by atoms with E-state index in [0.717, 1.165) is 36.5 Å². The van der Waals surface area contributed by atoms with Crippen molar-refractivity contribution in [2.75, 3.05) is 19.7 Å². The normalized spacial score (nSPS) is 19.7. The highest BCUT2D eigenvalue weighted by Crippen LogP contribution is 2.20.